The molecule has 1 aliphatic rings. The Hall–Kier alpha value is -1.53. The van der Waals surface area contributed by atoms with Crippen LogP contribution in [0.3, 0.4) is 0 Å². The van der Waals surface area contributed by atoms with Crippen molar-refractivity contribution in [2.75, 3.05) is 6.61 Å². The molecule has 20 heavy (non-hydrogen) atoms. The zero-order valence-electron chi connectivity index (χ0n) is 10.3. The number of carbonyl (C=O) groups is 1. The summed E-state index contributed by atoms with van der Waals surface area (Å²) in [7, 11) is 0. The van der Waals surface area contributed by atoms with E-state index in [-0.39, 0.29) is 39.9 Å². The molecule has 0 saturated heterocycles. The Labute approximate surface area is 124 Å². The van der Waals surface area contributed by atoms with Crippen molar-refractivity contribution in [1.82, 2.24) is 0 Å². The van der Waals surface area contributed by atoms with E-state index < -0.39 is 10.9 Å². The standard InChI is InChI=1S/C12H11Cl2NO5/c13-8-3-7(15(18)19)4-9(14)11(8)20-6-12(1-2-12)5-10(16)17/h3-4H,1-2,5-6H2,(H,16,17). The van der Waals surface area contributed by atoms with E-state index in [0.717, 1.165) is 25.0 Å². The third kappa shape index (κ3) is 3.32. The molecule has 0 amide bonds. The van der Waals surface area contributed by atoms with Crippen LogP contribution in [0, 0.1) is 15.5 Å². The van der Waals surface area contributed by atoms with Crippen LogP contribution < -0.4 is 4.74 Å². The van der Waals surface area contributed by atoms with E-state index in [1.807, 2.05) is 0 Å². The number of nitrogens with zero attached hydrogens (tertiary/aromatic N) is 1. The van der Waals surface area contributed by atoms with Crippen molar-refractivity contribution in [2.24, 2.45) is 5.41 Å². The Morgan fingerprint density at radius 3 is 2.35 bits per heavy atom. The summed E-state index contributed by atoms with van der Waals surface area (Å²) < 4.78 is 5.48. The van der Waals surface area contributed by atoms with Crippen LogP contribution in [0.5, 0.6) is 5.75 Å². The number of benzene rings is 1. The predicted molar refractivity (Wildman–Crippen MR) is 72.5 cm³/mol. The first kappa shape index (κ1) is 14.9. The molecule has 1 aromatic carbocycles. The zero-order valence-corrected chi connectivity index (χ0v) is 11.8. The molecule has 108 valence electrons. The van der Waals surface area contributed by atoms with Crippen LogP contribution >= 0.6 is 23.2 Å². The number of hydrogen-bond donors (Lipinski definition) is 1. The van der Waals surface area contributed by atoms with Crippen LogP contribution in [0.1, 0.15) is 19.3 Å². The van der Waals surface area contributed by atoms with Gasteiger partial charge < -0.3 is 9.84 Å². The van der Waals surface area contributed by atoms with Crippen molar-refractivity contribution in [1.29, 1.82) is 0 Å². The van der Waals surface area contributed by atoms with Crippen molar-refractivity contribution in [3.8, 4) is 5.75 Å². The highest BCUT2D eigenvalue weighted by Crippen LogP contribution is 2.50. The molecular formula is C12H11Cl2NO5. The van der Waals surface area contributed by atoms with Crippen LogP contribution in [0.25, 0.3) is 0 Å². The number of hydrogen-bond acceptors (Lipinski definition) is 4. The maximum absolute atomic E-state index is 10.7. The summed E-state index contributed by atoms with van der Waals surface area (Å²) >= 11 is 11.8. The number of aliphatic carboxylic acids is 1. The number of nitro benzene ring substituents is 1. The molecule has 0 unspecified atom stereocenters. The van der Waals surface area contributed by atoms with E-state index in [1.165, 1.54) is 0 Å². The predicted octanol–water partition coefficient (Wildman–Crippen LogP) is 3.54. The van der Waals surface area contributed by atoms with Crippen molar-refractivity contribution in [2.45, 2.75) is 19.3 Å². The van der Waals surface area contributed by atoms with E-state index in [9.17, 15) is 14.9 Å². The SMILES string of the molecule is O=C(O)CC1(COc2c(Cl)cc([N+](=O)[O-])cc2Cl)CC1. The minimum Gasteiger partial charge on any atom is -0.490 e. The van der Waals surface area contributed by atoms with Crippen molar-refractivity contribution < 1.29 is 19.6 Å². The number of non-ortho nitro benzene ring substituents is 1. The lowest BCUT2D eigenvalue weighted by atomic mass is 10.0. The fourth-order valence-corrected chi connectivity index (χ4v) is 2.47. The van der Waals surface area contributed by atoms with Gasteiger partial charge in [-0.25, -0.2) is 0 Å². The Morgan fingerprint density at radius 2 is 1.95 bits per heavy atom. The first-order chi connectivity index (χ1) is 9.33. The van der Waals surface area contributed by atoms with Crippen LogP contribution in [0.4, 0.5) is 5.69 Å². The molecular weight excluding hydrogens is 309 g/mol. The average Bonchev–Trinajstić information content (AvgIpc) is 3.06. The number of nitro groups is 1. The average molecular weight is 320 g/mol. The second kappa shape index (κ2) is 5.46. The third-order valence-corrected chi connectivity index (χ3v) is 3.76. The molecule has 0 bridgehead atoms. The van der Waals surface area contributed by atoms with Crippen LogP contribution in [-0.4, -0.2) is 22.6 Å². The number of ether oxygens (including phenoxy) is 1. The van der Waals surface area contributed by atoms with E-state index in [0.29, 0.717) is 0 Å². The Balaban J connectivity index is 2.11. The highest BCUT2D eigenvalue weighted by atomic mass is 35.5. The van der Waals surface area contributed by atoms with Gasteiger partial charge in [-0.05, 0) is 12.8 Å². The maximum atomic E-state index is 10.7. The summed E-state index contributed by atoms with van der Waals surface area (Å²) in [6.45, 7) is 0.177. The van der Waals surface area contributed by atoms with E-state index in [4.69, 9.17) is 33.0 Å². The highest BCUT2D eigenvalue weighted by Gasteiger charge is 2.45. The molecule has 2 rings (SSSR count). The summed E-state index contributed by atoms with van der Waals surface area (Å²) in [6.07, 6.45) is 1.55. The molecule has 0 spiro atoms. The highest BCUT2D eigenvalue weighted by molar-refractivity contribution is 6.37. The second-order valence-electron chi connectivity index (χ2n) is 4.85. The lowest BCUT2D eigenvalue weighted by molar-refractivity contribution is -0.384. The summed E-state index contributed by atoms with van der Waals surface area (Å²) in [4.78, 5) is 20.8. The third-order valence-electron chi connectivity index (χ3n) is 3.20. The molecule has 0 radical (unpaired) electrons. The smallest absolute Gasteiger partial charge is 0.304 e. The lowest BCUT2D eigenvalue weighted by Crippen LogP contribution is -2.17. The first-order valence-electron chi connectivity index (χ1n) is 5.81. The van der Waals surface area contributed by atoms with Crippen LogP contribution in [0.2, 0.25) is 10.0 Å². The largest absolute Gasteiger partial charge is 0.490 e. The zero-order chi connectivity index (χ0) is 14.9. The lowest BCUT2D eigenvalue weighted by Gasteiger charge is -2.15. The number of carboxylic acid groups (broad SMARTS) is 1. The van der Waals surface area contributed by atoms with Gasteiger partial charge in [0.2, 0.25) is 0 Å². The van der Waals surface area contributed by atoms with E-state index in [1.54, 1.807) is 0 Å². The van der Waals surface area contributed by atoms with Gasteiger partial charge in [-0.3, -0.25) is 14.9 Å². The normalized spacial score (nSPS) is 15.7. The fourth-order valence-electron chi connectivity index (χ4n) is 1.88. The molecule has 1 fully saturated rings. The van der Waals surface area contributed by atoms with Gasteiger partial charge in [-0.1, -0.05) is 23.2 Å². The van der Waals surface area contributed by atoms with E-state index in [2.05, 4.69) is 0 Å². The fraction of sp³-hybridized carbons (Fsp3) is 0.417. The number of carboxylic acids is 1. The molecule has 6 nitrogen and oxygen atoms in total. The van der Waals surface area contributed by atoms with E-state index >= 15 is 0 Å². The summed E-state index contributed by atoms with van der Waals surface area (Å²) in [5.74, 6) is -0.734. The minimum atomic E-state index is -0.882. The van der Waals surface area contributed by atoms with Gasteiger partial charge in [-0.2, -0.15) is 0 Å². The van der Waals surface area contributed by atoms with Gasteiger partial charge in [0.15, 0.2) is 5.75 Å². The van der Waals surface area contributed by atoms with Gasteiger partial charge in [-0.15, -0.1) is 0 Å². The molecule has 0 aromatic heterocycles. The van der Waals surface area contributed by atoms with Crippen LogP contribution in [-0.2, 0) is 4.79 Å². The Bertz CT molecular complexity index is 548. The molecule has 1 aromatic rings. The summed E-state index contributed by atoms with van der Waals surface area (Å²) in [5, 5.41) is 19.5. The number of halogens is 2. The van der Waals surface area contributed by atoms with Gasteiger partial charge in [0.05, 0.1) is 28.0 Å². The van der Waals surface area contributed by atoms with Gasteiger partial charge in [0.25, 0.3) is 5.69 Å². The molecule has 0 atom stereocenters. The van der Waals surface area contributed by atoms with Gasteiger partial charge in [0, 0.05) is 17.5 Å². The molecule has 0 heterocycles. The first-order valence-corrected chi connectivity index (χ1v) is 6.57. The summed E-state index contributed by atoms with van der Waals surface area (Å²) in [5.41, 5.74) is -0.598. The maximum Gasteiger partial charge on any atom is 0.304 e. The monoisotopic (exact) mass is 319 g/mol. The molecule has 8 heteroatoms. The minimum absolute atomic E-state index is 0.0230. The van der Waals surface area contributed by atoms with Gasteiger partial charge in [0.1, 0.15) is 0 Å². The second-order valence-corrected chi connectivity index (χ2v) is 5.67. The summed E-state index contributed by atoms with van der Waals surface area (Å²) in [6, 6.07) is 2.30. The Kier molecular flexibility index (Phi) is 4.06. The quantitative estimate of drug-likeness (QED) is 0.639. The van der Waals surface area contributed by atoms with Crippen molar-refractivity contribution in [3.05, 3.63) is 32.3 Å². The van der Waals surface area contributed by atoms with Crippen molar-refractivity contribution in [3.63, 3.8) is 0 Å². The van der Waals surface area contributed by atoms with Crippen molar-refractivity contribution >= 4 is 34.9 Å². The molecule has 1 aliphatic carbocycles. The molecule has 1 N–H and O–H groups in total. The molecule has 1 saturated carbocycles. The topological polar surface area (TPSA) is 89.7 Å². The van der Waals surface area contributed by atoms with Crippen LogP contribution in [0.15, 0.2) is 12.1 Å². The molecule has 0 aliphatic heterocycles. The number of rotatable bonds is 6. The van der Waals surface area contributed by atoms with Gasteiger partial charge >= 0.3 is 5.97 Å². The Morgan fingerprint density at radius 1 is 1.40 bits per heavy atom.